The summed E-state index contributed by atoms with van der Waals surface area (Å²) in [5.74, 6) is -0.320. The molecule has 1 aliphatic heterocycles. The normalized spacial score (nSPS) is 23.6. The van der Waals surface area contributed by atoms with E-state index >= 15 is 0 Å². The van der Waals surface area contributed by atoms with Crippen LogP contribution >= 0.6 is 0 Å². The van der Waals surface area contributed by atoms with Crippen LogP contribution in [0.3, 0.4) is 0 Å². The first-order valence-electron chi connectivity index (χ1n) is 10.4. The molecule has 10 heteroatoms. The van der Waals surface area contributed by atoms with Gasteiger partial charge in [-0.25, -0.2) is 0 Å². The molecular formula is C19H35N5O5. The number of hydrogen-bond donors (Lipinski definition) is 4. The molecular weight excluding hydrogens is 378 g/mol. The maximum atomic E-state index is 11.4. The highest BCUT2D eigenvalue weighted by Gasteiger charge is 2.45. The second kappa shape index (κ2) is 13.4. The van der Waals surface area contributed by atoms with Gasteiger partial charge in [-0.1, -0.05) is 31.8 Å². The quantitative estimate of drug-likeness (QED) is 0.185. The van der Waals surface area contributed by atoms with E-state index in [1.807, 2.05) is 6.92 Å². The fraction of sp³-hybridized carbons (Fsp3) is 0.895. The lowest BCUT2D eigenvalue weighted by atomic mass is 10.1. The zero-order chi connectivity index (χ0) is 21.8. The summed E-state index contributed by atoms with van der Waals surface area (Å²) in [6.07, 6.45) is 6.51. The van der Waals surface area contributed by atoms with Crippen LogP contribution in [0.15, 0.2) is 5.11 Å². The van der Waals surface area contributed by atoms with Gasteiger partial charge in [-0.3, -0.25) is 9.59 Å². The minimum absolute atomic E-state index is 0.107. The van der Waals surface area contributed by atoms with Gasteiger partial charge in [-0.05, 0) is 44.1 Å². The van der Waals surface area contributed by atoms with Crippen molar-refractivity contribution in [3.8, 4) is 0 Å². The monoisotopic (exact) mass is 413 g/mol. The van der Waals surface area contributed by atoms with E-state index < -0.39 is 18.1 Å². The van der Waals surface area contributed by atoms with E-state index in [-0.39, 0.29) is 24.2 Å². The summed E-state index contributed by atoms with van der Waals surface area (Å²) >= 11 is 0. The molecule has 1 saturated heterocycles. The fourth-order valence-electron chi connectivity index (χ4n) is 2.72. The number of azide groups is 1. The molecule has 4 unspecified atom stereocenters. The van der Waals surface area contributed by atoms with Crippen LogP contribution in [0.4, 0.5) is 0 Å². The molecule has 0 aromatic heterocycles. The highest BCUT2D eigenvalue weighted by molar-refractivity contribution is 5.84. The Morgan fingerprint density at radius 3 is 2.21 bits per heavy atom. The smallest absolute Gasteiger partial charge is 0.252 e. The van der Waals surface area contributed by atoms with E-state index in [1.54, 1.807) is 0 Å². The molecule has 3 rings (SSSR count). The highest BCUT2D eigenvalue weighted by atomic mass is 16.6. The molecule has 2 amide bonds. The molecule has 4 atom stereocenters. The van der Waals surface area contributed by atoms with Crippen LogP contribution in [0.5, 0.6) is 0 Å². The molecule has 0 aromatic rings. The number of nitrogens with one attached hydrogen (secondary N) is 2. The molecule has 3 aliphatic rings. The first-order chi connectivity index (χ1) is 14.0. The predicted octanol–water partition coefficient (Wildman–Crippen LogP) is 1.55. The number of nitrogens with zero attached hydrogens (tertiary/aromatic N) is 3. The number of amides is 2. The van der Waals surface area contributed by atoms with E-state index in [9.17, 15) is 14.7 Å². The van der Waals surface area contributed by atoms with Crippen molar-refractivity contribution in [3.63, 3.8) is 0 Å². The minimum atomic E-state index is -1.22. The fourth-order valence-corrected chi connectivity index (χ4v) is 2.72. The summed E-state index contributed by atoms with van der Waals surface area (Å²) in [7, 11) is 1.00. The van der Waals surface area contributed by atoms with Crippen molar-refractivity contribution >= 4 is 11.8 Å². The summed E-state index contributed by atoms with van der Waals surface area (Å²) in [4.78, 5) is 25.4. The lowest BCUT2D eigenvalue weighted by Crippen LogP contribution is -2.42. The molecule has 0 spiro atoms. The maximum absolute atomic E-state index is 11.4. The molecule has 0 radical (unpaired) electrons. The van der Waals surface area contributed by atoms with Crippen molar-refractivity contribution in [3.05, 3.63) is 10.4 Å². The third-order valence-corrected chi connectivity index (χ3v) is 4.68. The third kappa shape index (κ3) is 9.94. The van der Waals surface area contributed by atoms with Gasteiger partial charge >= 0.3 is 0 Å². The Kier molecular flexibility index (Phi) is 11.6. The van der Waals surface area contributed by atoms with Crippen molar-refractivity contribution in [2.24, 2.45) is 5.11 Å². The summed E-state index contributed by atoms with van der Waals surface area (Å²) in [5.41, 5.74) is 8.30. The number of ether oxygens (including phenoxy) is 1. The third-order valence-electron chi connectivity index (χ3n) is 4.68. The SMILES string of the molecule is CCCC(N=[N+]=[N-])C(O)C(=O)NC1CC1.CCCC1OC1C(=O)NC1CC1.CO. The standard InChI is InChI=1S/C9H16N4O2.C9H15NO2.CH4O/c1-2-3-7(12-13-10)8(14)9(15)11-6-4-5-6;1-2-3-7-8(12-7)9(11)10-6-4-5-6;1-2/h6-8,14H,2-5H2,1H3,(H,11,15);6-8H,2-5H2,1H3,(H,10,11);2H,1H3. The van der Waals surface area contributed by atoms with Crippen molar-refractivity contribution in [1.82, 2.24) is 10.6 Å². The molecule has 2 saturated carbocycles. The van der Waals surface area contributed by atoms with Crippen LogP contribution < -0.4 is 10.6 Å². The topological polar surface area (TPSA) is 160 Å². The number of hydrogen-bond acceptors (Lipinski definition) is 6. The zero-order valence-corrected chi connectivity index (χ0v) is 17.6. The van der Waals surface area contributed by atoms with Gasteiger partial charge in [-0.2, -0.15) is 0 Å². The van der Waals surface area contributed by atoms with Gasteiger partial charge in [0, 0.05) is 24.1 Å². The highest BCUT2D eigenvalue weighted by Crippen LogP contribution is 2.28. The van der Waals surface area contributed by atoms with Gasteiger partial charge < -0.3 is 25.6 Å². The number of epoxide rings is 1. The lowest BCUT2D eigenvalue weighted by Gasteiger charge is -2.16. The average Bonchev–Trinajstić information content (AvgIpc) is 3.53. The number of aliphatic hydroxyl groups is 2. The van der Waals surface area contributed by atoms with E-state index in [0.717, 1.165) is 52.1 Å². The number of carbonyl (C=O) groups excluding carboxylic acids is 2. The lowest BCUT2D eigenvalue weighted by molar-refractivity contribution is -0.130. The van der Waals surface area contributed by atoms with Crippen molar-refractivity contribution in [2.75, 3.05) is 7.11 Å². The molecule has 2 aliphatic carbocycles. The Bertz CT molecular complexity index is 561. The predicted molar refractivity (Wildman–Crippen MR) is 108 cm³/mol. The van der Waals surface area contributed by atoms with Crippen LogP contribution in [-0.4, -0.2) is 65.6 Å². The molecule has 4 N–H and O–H groups in total. The zero-order valence-electron chi connectivity index (χ0n) is 17.6. The van der Waals surface area contributed by atoms with Gasteiger partial charge in [-0.15, -0.1) is 0 Å². The van der Waals surface area contributed by atoms with E-state index in [4.69, 9.17) is 15.4 Å². The Labute approximate surface area is 172 Å². The number of carbonyl (C=O) groups is 2. The van der Waals surface area contributed by atoms with Crippen LogP contribution in [0.2, 0.25) is 0 Å². The summed E-state index contributed by atoms with van der Waals surface area (Å²) in [6.45, 7) is 4.02. The van der Waals surface area contributed by atoms with Crippen LogP contribution in [-0.2, 0) is 14.3 Å². The van der Waals surface area contributed by atoms with Crippen LogP contribution in [0.25, 0.3) is 10.4 Å². The van der Waals surface area contributed by atoms with E-state index in [0.29, 0.717) is 12.5 Å². The summed E-state index contributed by atoms with van der Waals surface area (Å²) < 4.78 is 5.24. The first kappa shape index (κ1) is 25.2. The second-order valence-electron chi connectivity index (χ2n) is 7.46. The Morgan fingerprint density at radius 1 is 1.14 bits per heavy atom. The minimum Gasteiger partial charge on any atom is -0.400 e. The van der Waals surface area contributed by atoms with Gasteiger partial charge in [0.1, 0.15) is 6.10 Å². The second-order valence-corrected chi connectivity index (χ2v) is 7.46. The van der Waals surface area contributed by atoms with E-state index in [1.165, 1.54) is 0 Å². The maximum Gasteiger partial charge on any atom is 0.252 e. The largest absolute Gasteiger partial charge is 0.400 e. The number of aliphatic hydroxyl groups excluding tert-OH is 2. The average molecular weight is 414 g/mol. The first-order valence-corrected chi connectivity index (χ1v) is 10.4. The summed E-state index contributed by atoms with van der Waals surface area (Å²) in [6, 6.07) is 0.0169. The Morgan fingerprint density at radius 2 is 1.72 bits per heavy atom. The van der Waals surface area contributed by atoms with Gasteiger partial charge in [0.15, 0.2) is 6.10 Å². The molecule has 166 valence electrons. The van der Waals surface area contributed by atoms with Gasteiger partial charge in [0.05, 0.1) is 12.1 Å². The van der Waals surface area contributed by atoms with Crippen LogP contribution in [0, 0.1) is 0 Å². The Balaban J connectivity index is 0.000000272. The molecule has 3 fully saturated rings. The summed E-state index contributed by atoms with van der Waals surface area (Å²) in [5, 5.41) is 25.7. The van der Waals surface area contributed by atoms with Crippen molar-refractivity contribution in [1.29, 1.82) is 0 Å². The van der Waals surface area contributed by atoms with Gasteiger partial charge in [0.25, 0.3) is 5.91 Å². The molecule has 0 bridgehead atoms. The van der Waals surface area contributed by atoms with E-state index in [2.05, 4.69) is 27.6 Å². The molecule has 29 heavy (non-hydrogen) atoms. The van der Waals surface area contributed by atoms with Gasteiger partial charge in [0.2, 0.25) is 5.91 Å². The molecule has 10 nitrogen and oxygen atoms in total. The Hall–Kier alpha value is -1.87. The molecule has 1 heterocycles. The number of rotatable bonds is 10. The van der Waals surface area contributed by atoms with Crippen molar-refractivity contribution < 1.29 is 24.5 Å². The van der Waals surface area contributed by atoms with Crippen LogP contribution in [0.1, 0.15) is 65.2 Å². The molecule has 0 aromatic carbocycles. The van der Waals surface area contributed by atoms with Crippen molar-refractivity contribution in [2.45, 2.75) is 102 Å².